The van der Waals surface area contributed by atoms with Gasteiger partial charge in [-0.25, -0.2) is 0 Å². The Morgan fingerprint density at radius 2 is 2.00 bits per heavy atom. The van der Waals surface area contributed by atoms with E-state index in [0.29, 0.717) is 16.7 Å². The summed E-state index contributed by atoms with van der Waals surface area (Å²) in [4.78, 5) is 8.74. The predicted molar refractivity (Wildman–Crippen MR) is 123 cm³/mol. The zero-order valence-electron chi connectivity index (χ0n) is 17.1. The highest BCUT2D eigenvalue weighted by molar-refractivity contribution is 5.97. The van der Waals surface area contributed by atoms with Crippen LogP contribution in [0.5, 0.6) is 0 Å². The maximum absolute atomic E-state index is 9.78. The van der Waals surface area contributed by atoms with Crippen LogP contribution in [0.15, 0.2) is 71.3 Å². The number of oxazole rings is 1. The van der Waals surface area contributed by atoms with E-state index in [9.17, 15) is 5.26 Å². The average molecular weight is 407 g/mol. The predicted octanol–water partition coefficient (Wildman–Crippen LogP) is 5.57. The van der Waals surface area contributed by atoms with E-state index in [0.717, 1.165) is 40.6 Å². The summed E-state index contributed by atoms with van der Waals surface area (Å²) in [7, 11) is 0. The standard InChI is InChI=1S/C25H21N5O/c1-2-25(10-4-3-5-11-25)30-23-18(14-26)15-28-20-8-6-16(12-19(20)23)17-7-9-22-21(13-17)29-24(27)31-22/h3-10,12-13,15H,2,11H2,1H3,(H2,27,29)(H,28,30). The number of anilines is 2. The van der Waals surface area contributed by atoms with Gasteiger partial charge in [-0.3, -0.25) is 4.98 Å². The van der Waals surface area contributed by atoms with Crippen molar-refractivity contribution in [3.63, 3.8) is 0 Å². The van der Waals surface area contributed by atoms with Gasteiger partial charge in [0.05, 0.1) is 22.3 Å². The second-order valence-electron chi connectivity index (χ2n) is 7.75. The summed E-state index contributed by atoms with van der Waals surface area (Å²) >= 11 is 0. The molecule has 1 unspecified atom stereocenters. The Bertz CT molecular complexity index is 1410. The van der Waals surface area contributed by atoms with Crippen LogP contribution in [0.2, 0.25) is 0 Å². The van der Waals surface area contributed by atoms with Gasteiger partial charge in [-0.2, -0.15) is 10.2 Å². The molecule has 2 aromatic heterocycles. The van der Waals surface area contributed by atoms with Crippen LogP contribution in [-0.2, 0) is 0 Å². The Morgan fingerprint density at radius 1 is 1.16 bits per heavy atom. The molecule has 6 nitrogen and oxygen atoms in total. The Kier molecular flexibility index (Phi) is 4.45. The summed E-state index contributed by atoms with van der Waals surface area (Å²) < 4.78 is 5.39. The number of rotatable bonds is 4. The minimum atomic E-state index is -0.234. The fourth-order valence-corrected chi connectivity index (χ4v) is 4.07. The molecule has 5 rings (SSSR count). The zero-order chi connectivity index (χ0) is 21.4. The average Bonchev–Trinajstić information content (AvgIpc) is 3.19. The second kappa shape index (κ2) is 7.29. The number of aromatic nitrogens is 2. The number of fused-ring (bicyclic) bond motifs is 2. The van der Waals surface area contributed by atoms with Gasteiger partial charge >= 0.3 is 0 Å². The molecule has 31 heavy (non-hydrogen) atoms. The first-order chi connectivity index (χ1) is 15.1. The largest absolute Gasteiger partial charge is 0.424 e. The highest BCUT2D eigenvalue weighted by Gasteiger charge is 2.26. The van der Waals surface area contributed by atoms with Crippen molar-refractivity contribution in [1.29, 1.82) is 5.26 Å². The molecule has 152 valence electrons. The molecule has 0 radical (unpaired) electrons. The first-order valence-electron chi connectivity index (χ1n) is 10.2. The molecule has 0 bridgehead atoms. The van der Waals surface area contributed by atoms with Crippen molar-refractivity contribution < 1.29 is 4.42 Å². The number of hydrogen-bond donors (Lipinski definition) is 2. The SMILES string of the molecule is CCC1(Nc2c(C#N)cnc3ccc(-c4ccc5oc(N)nc5c4)cc23)C=CC=CC1. The van der Waals surface area contributed by atoms with Crippen LogP contribution in [0.3, 0.4) is 0 Å². The van der Waals surface area contributed by atoms with Gasteiger partial charge in [-0.1, -0.05) is 43.4 Å². The quantitative estimate of drug-likeness (QED) is 0.458. The Labute approximate surface area is 179 Å². The van der Waals surface area contributed by atoms with E-state index in [4.69, 9.17) is 10.2 Å². The van der Waals surface area contributed by atoms with Crippen LogP contribution in [0.25, 0.3) is 33.1 Å². The molecule has 0 fully saturated rings. The minimum Gasteiger partial charge on any atom is -0.424 e. The maximum atomic E-state index is 9.78. The number of nitrogens with one attached hydrogen (secondary N) is 1. The lowest BCUT2D eigenvalue weighted by atomic mass is 9.87. The molecule has 2 heterocycles. The number of nitrogens with two attached hydrogens (primary N) is 1. The lowest BCUT2D eigenvalue weighted by Crippen LogP contribution is -2.36. The van der Waals surface area contributed by atoms with Crippen LogP contribution >= 0.6 is 0 Å². The highest BCUT2D eigenvalue weighted by Crippen LogP contribution is 2.35. The van der Waals surface area contributed by atoms with E-state index in [-0.39, 0.29) is 11.6 Å². The number of pyridine rings is 1. The second-order valence-corrected chi connectivity index (χ2v) is 7.75. The van der Waals surface area contributed by atoms with Crippen molar-refractivity contribution in [2.75, 3.05) is 11.1 Å². The summed E-state index contributed by atoms with van der Waals surface area (Å²) in [5.74, 6) is 0. The summed E-state index contributed by atoms with van der Waals surface area (Å²) in [5.41, 5.74) is 11.0. The number of nitrogen functional groups attached to an aromatic ring is 1. The van der Waals surface area contributed by atoms with E-state index in [2.05, 4.69) is 58.6 Å². The van der Waals surface area contributed by atoms with Crippen LogP contribution < -0.4 is 11.1 Å². The Hall–Kier alpha value is -4.11. The molecule has 2 aromatic carbocycles. The number of nitriles is 1. The molecular weight excluding hydrogens is 386 g/mol. The van der Waals surface area contributed by atoms with Gasteiger partial charge in [0.25, 0.3) is 6.01 Å². The van der Waals surface area contributed by atoms with Crippen LogP contribution in [0.1, 0.15) is 25.3 Å². The van der Waals surface area contributed by atoms with Crippen molar-refractivity contribution >= 4 is 33.7 Å². The fourth-order valence-electron chi connectivity index (χ4n) is 4.07. The zero-order valence-corrected chi connectivity index (χ0v) is 17.1. The number of nitrogens with zero attached hydrogens (tertiary/aromatic N) is 3. The van der Waals surface area contributed by atoms with Crippen molar-refractivity contribution in [3.8, 4) is 17.2 Å². The van der Waals surface area contributed by atoms with E-state index in [1.165, 1.54) is 0 Å². The first kappa shape index (κ1) is 18.9. The third kappa shape index (κ3) is 3.30. The first-order valence-corrected chi connectivity index (χ1v) is 10.2. The van der Waals surface area contributed by atoms with Crippen LogP contribution in [0, 0.1) is 11.3 Å². The van der Waals surface area contributed by atoms with Gasteiger partial charge in [0.15, 0.2) is 5.58 Å². The number of hydrogen-bond acceptors (Lipinski definition) is 6. The van der Waals surface area contributed by atoms with Crippen molar-refractivity contribution in [1.82, 2.24) is 9.97 Å². The summed E-state index contributed by atoms with van der Waals surface area (Å²) in [6.45, 7) is 2.15. The molecule has 0 spiro atoms. The van der Waals surface area contributed by atoms with E-state index in [1.54, 1.807) is 6.20 Å². The summed E-state index contributed by atoms with van der Waals surface area (Å²) in [6, 6.07) is 14.3. The smallest absolute Gasteiger partial charge is 0.292 e. The van der Waals surface area contributed by atoms with Gasteiger partial charge in [-0.05, 0) is 48.2 Å². The molecule has 0 saturated heterocycles. The Morgan fingerprint density at radius 3 is 2.77 bits per heavy atom. The highest BCUT2D eigenvalue weighted by atomic mass is 16.4. The van der Waals surface area contributed by atoms with E-state index >= 15 is 0 Å². The van der Waals surface area contributed by atoms with Gasteiger partial charge < -0.3 is 15.5 Å². The molecule has 1 aliphatic carbocycles. The van der Waals surface area contributed by atoms with Gasteiger partial charge in [-0.15, -0.1) is 0 Å². The molecule has 3 N–H and O–H groups in total. The molecule has 6 heteroatoms. The van der Waals surface area contributed by atoms with Gasteiger partial charge in [0.1, 0.15) is 11.6 Å². The minimum absolute atomic E-state index is 0.152. The molecule has 4 aromatic rings. The monoisotopic (exact) mass is 407 g/mol. The summed E-state index contributed by atoms with van der Waals surface area (Å²) in [6.07, 6.45) is 11.8. The number of allylic oxidation sites excluding steroid dienone is 2. The molecular formula is C25H21N5O. The van der Waals surface area contributed by atoms with Gasteiger partial charge in [0.2, 0.25) is 0 Å². The van der Waals surface area contributed by atoms with Crippen LogP contribution in [0.4, 0.5) is 11.7 Å². The third-order valence-electron chi connectivity index (χ3n) is 5.88. The molecule has 0 saturated carbocycles. The lowest BCUT2D eigenvalue weighted by molar-refractivity contribution is 0.558. The van der Waals surface area contributed by atoms with E-state index < -0.39 is 0 Å². The topological polar surface area (TPSA) is 101 Å². The van der Waals surface area contributed by atoms with Crippen molar-refractivity contribution in [2.45, 2.75) is 25.3 Å². The third-order valence-corrected chi connectivity index (χ3v) is 5.88. The molecule has 1 aliphatic rings. The number of benzene rings is 2. The van der Waals surface area contributed by atoms with Crippen LogP contribution in [-0.4, -0.2) is 15.5 Å². The Balaban J connectivity index is 1.66. The van der Waals surface area contributed by atoms with Crippen molar-refractivity contribution in [3.05, 3.63) is 72.5 Å². The molecule has 0 aliphatic heterocycles. The van der Waals surface area contributed by atoms with Crippen molar-refractivity contribution in [2.24, 2.45) is 0 Å². The molecule has 1 atom stereocenters. The fraction of sp³-hybridized carbons (Fsp3) is 0.160. The lowest BCUT2D eigenvalue weighted by Gasteiger charge is -2.33. The van der Waals surface area contributed by atoms with Gasteiger partial charge in [0, 0.05) is 11.6 Å². The summed E-state index contributed by atoms with van der Waals surface area (Å²) in [5, 5.41) is 14.4. The normalized spacial score (nSPS) is 17.8. The maximum Gasteiger partial charge on any atom is 0.292 e. The van der Waals surface area contributed by atoms with E-state index in [1.807, 2.05) is 30.3 Å². The molecule has 0 amide bonds.